The largest absolute Gasteiger partial charge is 0.359 e. The Morgan fingerprint density at radius 3 is 2.38 bits per heavy atom. The summed E-state index contributed by atoms with van der Waals surface area (Å²) in [6, 6.07) is 14.4. The summed E-state index contributed by atoms with van der Waals surface area (Å²) in [6.45, 7) is 6.14. The number of hydrogen-bond acceptors (Lipinski definition) is 4. The first-order chi connectivity index (χ1) is 13.9. The summed E-state index contributed by atoms with van der Waals surface area (Å²) in [5, 5.41) is 5.68. The normalized spacial score (nSPS) is 15.1. The Hall–Kier alpha value is -2.31. The van der Waals surface area contributed by atoms with Crippen molar-refractivity contribution < 1.29 is 9.59 Å². The van der Waals surface area contributed by atoms with Crippen molar-refractivity contribution >= 4 is 29.3 Å². The van der Waals surface area contributed by atoms with E-state index >= 15 is 0 Å². The van der Waals surface area contributed by atoms with Crippen LogP contribution in [0.1, 0.15) is 24.0 Å². The fourth-order valence-corrected chi connectivity index (χ4v) is 4.49. The Morgan fingerprint density at radius 1 is 1.07 bits per heavy atom. The molecule has 1 aliphatic heterocycles. The van der Waals surface area contributed by atoms with Crippen molar-refractivity contribution in [3.63, 3.8) is 0 Å². The van der Waals surface area contributed by atoms with Crippen molar-refractivity contribution in [1.82, 2.24) is 10.2 Å². The zero-order valence-electron chi connectivity index (χ0n) is 17.3. The van der Waals surface area contributed by atoms with Crippen LogP contribution in [0.3, 0.4) is 0 Å². The minimum atomic E-state index is -0.0156. The summed E-state index contributed by atoms with van der Waals surface area (Å²) in [7, 11) is 1.67. The van der Waals surface area contributed by atoms with Crippen LogP contribution in [-0.2, 0) is 9.59 Å². The minimum Gasteiger partial charge on any atom is -0.359 e. The van der Waals surface area contributed by atoms with Crippen LogP contribution in [0.25, 0.3) is 0 Å². The lowest BCUT2D eigenvalue weighted by Gasteiger charge is -2.30. The highest BCUT2D eigenvalue weighted by Gasteiger charge is 2.25. The van der Waals surface area contributed by atoms with Crippen LogP contribution >= 0.6 is 11.8 Å². The number of nitrogens with zero attached hydrogens (tertiary/aromatic N) is 1. The molecule has 1 saturated heterocycles. The zero-order valence-corrected chi connectivity index (χ0v) is 18.1. The summed E-state index contributed by atoms with van der Waals surface area (Å²) in [5.74, 6) is 0.160. The van der Waals surface area contributed by atoms with Crippen LogP contribution in [0.15, 0.2) is 52.3 Å². The van der Waals surface area contributed by atoms with E-state index in [4.69, 9.17) is 0 Å². The Labute approximate surface area is 177 Å². The molecule has 0 bridgehead atoms. The van der Waals surface area contributed by atoms with E-state index in [0.717, 1.165) is 36.5 Å². The van der Waals surface area contributed by atoms with Gasteiger partial charge in [0, 0.05) is 28.4 Å². The molecule has 0 radical (unpaired) electrons. The maximum Gasteiger partial charge on any atom is 0.238 e. The van der Waals surface area contributed by atoms with Gasteiger partial charge in [-0.1, -0.05) is 29.5 Å². The van der Waals surface area contributed by atoms with Gasteiger partial charge in [0.15, 0.2) is 0 Å². The van der Waals surface area contributed by atoms with E-state index in [9.17, 15) is 9.59 Å². The van der Waals surface area contributed by atoms with Crippen LogP contribution in [0, 0.1) is 19.8 Å². The Morgan fingerprint density at radius 2 is 1.76 bits per heavy atom. The topological polar surface area (TPSA) is 61.4 Å². The fraction of sp³-hybridized carbons (Fsp3) is 0.391. The summed E-state index contributed by atoms with van der Waals surface area (Å²) >= 11 is 1.73. The molecule has 6 heteroatoms. The Bertz CT molecular complexity index is 859. The number of hydrogen-bond donors (Lipinski definition) is 2. The summed E-state index contributed by atoms with van der Waals surface area (Å²) < 4.78 is 0. The molecule has 0 unspecified atom stereocenters. The van der Waals surface area contributed by atoms with E-state index < -0.39 is 0 Å². The van der Waals surface area contributed by atoms with Gasteiger partial charge >= 0.3 is 0 Å². The number of benzene rings is 2. The van der Waals surface area contributed by atoms with E-state index in [-0.39, 0.29) is 17.7 Å². The van der Waals surface area contributed by atoms with E-state index in [2.05, 4.69) is 47.6 Å². The van der Waals surface area contributed by atoms with Crippen LogP contribution < -0.4 is 10.6 Å². The molecule has 0 saturated carbocycles. The van der Waals surface area contributed by atoms with Crippen molar-refractivity contribution in [3.8, 4) is 0 Å². The molecule has 0 spiro atoms. The number of carbonyl (C=O) groups is 2. The lowest BCUT2D eigenvalue weighted by atomic mass is 9.96. The highest BCUT2D eigenvalue weighted by molar-refractivity contribution is 7.99. The standard InChI is InChI=1S/C23H29N3O2S/c1-16-4-9-21(17(2)14-16)29-20-7-5-19(6-8-20)25-22(27)15-26-12-10-18(11-13-26)23(28)24-3/h4-9,14,18H,10-13,15H2,1-3H3,(H,24,28)(H,25,27). The van der Waals surface area contributed by atoms with Gasteiger partial charge in [0.05, 0.1) is 6.54 Å². The van der Waals surface area contributed by atoms with Crippen LogP contribution in [0.5, 0.6) is 0 Å². The van der Waals surface area contributed by atoms with Crippen molar-refractivity contribution in [2.24, 2.45) is 5.92 Å². The van der Waals surface area contributed by atoms with Gasteiger partial charge in [0.1, 0.15) is 0 Å². The Balaban J connectivity index is 1.48. The monoisotopic (exact) mass is 411 g/mol. The van der Waals surface area contributed by atoms with Crippen LogP contribution in [0.2, 0.25) is 0 Å². The molecule has 1 aliphatic rings. The number of likely N-dealkylation sites (tertiary alicyclic amines) is 1. The molecule has 3 rings (SSSR count). The molecule has 0 aliphatic carbocycles. The first kappa shape index (κ1) is 21.4. The van der Waals surface area contributed by atoms with Gasteiger partial charge in [-0.05, 0) is 75.7 Å². The van der Waals surface area contributed by atoms with Crippen LogP contribution in [-0.4, -0.2) is 43.4 Å². The first-order valence-electron chi connectivity index (χ1n) is 10.0. The van der Waals surface area contributed by atoms with Gasteiger partial charge in [-0.3, -0.25) is 14.5 Å². The number of rotatable bonds is 6. The average molecular weight is 412 g/mol. The fourth-order valence-electron chi connectivity index (χ4n) is 3.61. The molecule has 1 heterocycles. The van der Waals surface area contributed by atoms with Crippen LogP contribution in [0.4, 0.5) is 5.69 Å². The second kappa shape index (κ2) is 9.94. The molecule has 29 heavy (non-hydrogen) atoms. The third kappa shape index (κ3) is 6.08. The summed E-state index contributed by atoms with van der Waals surface area (Å²) in [5.41, 5.74) is 3.34. The van der Waals surface area contributed by atoms with E-state index in [0.29, 0.717) is 6.54 Å². The zero-order chi connectivity index (χ0) is 20.8. The number of carbonyl (C=O) groups excluding carboxylic acids is 2. The second-order valence-electron chi connectivity index (χ2n) is 7.61. The van der Waals surface area contributed by atoms with Crippen molar-refractivity contribution in [2.45, 2.75) is 36.5 Å². The van der Waals surface area contributed by atoms with Gasteiger partial charge in [-0.15, -0.1) is 0 Å². The van der Waals surface area contributed by atoms with E-state index in [1.54, 1.807) is 18.8 Å². The first-order valence-corrected chi connectivity index (χ1v) is 10.8. The maximum absolute atomic E-state index is 12.4. The highest BCUT2D eigenvalue weighted by Crippen LogP contribution is 2.31. The molecular formula is C23H29N3O2S. The lowest BCUT2D eigenvalue weighted by Crippen LogP contribution is -2.42. The second-order valence-corrected chi connectivity index (χ2v) is 8.72. The average Bonchev–Trinajstić information content (AvgIpc) is 2.71. The van der Waals surface area contributed by atoms with Gasteiger partial charge in [0.25, 0.3) is 0 Å². The SMILES string of the molecule is CNC(=O)C1CCN(CC(=O)Nc2ccc(Sc3ccc(C)cc3C)cc2)CC1. The molecule has 5 nitrogen and oxygen atoms in total. The minimum absolute atomic E-state index is 0.0156. The van der Waals surface area contributed by atoms with Gasteiger partial charge in [-0.2, -0.15) is 0 Å². The predicted octanol–water partition coefficient (Wildman–Crippen LogP) is 3.85. The molecule has 2 aromatic carbocycles. The van der Waals surface area contributed by atoms with Crippen molar-refractivity contribution in [1.29, 1.82) is 0 Å². The number of anilines is 1. The highest BCUT2D eigenvalue weighted by atomic mass is 32.2. The van der Waals surface area contributed by atoms with Gasteiger partial charge < -0.3 is 10.6 Å². The summed E-state index contributed by atoms with van der Waals surface area (Å²) in [4.78, 5) is 28.6. The van der Waals surface area contributed by atoms with Gasteiger partial charge in [0.2, 0.25) is 11.8 Å². The van der Waals surface area contributed by atoms with Gasteiger partial charge in [-0.25, -0.2) is 0 Å². The number of nitrogens with one attached hydrogen (secondary N) is 2. The smallest absolute Gasteiger partial charge is 0.238 e. The molecular weight excluding hydrogens is 382 g/mol. The maximum atomic E-state index is 12.4. The lowest BCUT2D eigenvalue weighted by molar-refractivity contribution is -0.126. The van der Waals surface area contributed by atoms with Crippen molar-refractivity contribution in [2.75, 3.05) is 32.0 Å². The molecule has 2 N–H and O–H groups in total. The van der Waals surface area contributed by atoms with E-state index in [1.165, 1.54) is 16.0 Å². The molecule has 2 amide bonds. The number of aryl methyl sites for hydroxylation is 2. The quantitative estimate of drug-likeness (QED) is 0.758. The molecule has 154 valence electrons. The Kier molecular flexibility index (Phi) is 7.34. The van der Waals surface area contributed by atoms with Crippen molar-refractivity contribution in [3.05, 3.63) is 53.6 Å². The summed E-state index contributed by atoms with van der Waals surface area (Å²) in [6.07, 6.45) is 1.61. The third-order valence-corrected chi connectivity index (χ3v) is 6.45. The molecule has 2 aromatic rings. The molecule has 0 aromatic heterocycles. The number of amides is 2. The predicted molar refractivity (Wildman–Crippen MR) is 118 cm³/mol. The van der Waals surface area contributed by atoms with E-state index in [1.807, 2.05) is 24.3 Å². The molecule has 0 atom stereocenters. The molecule has 1 fully saturated rings. The third-order valence-electron chi connectivity index (χ3n) is 5.27. The number of piperidine rings is 1.